The summed E-state index contributed by atoms with van der Waals surface area (Å²) in [6, 6.07) is 3.74. The van der Waals surface area contributed by atoms with Crippen LogP contribution in [0, 0.1) is 16.7 Å². The number of benzene rings is 1. The molecule has 24 heavy (non-hydrogen) atoms. The Morgan fingerprint density at radius 1 is 1.25 bits per heavy atom. The lowest BCUT2D eigenvalue weighted by Gasteiger charge is -2.19. The first-order valence-electron chi connectivity index (χ1n) is 7.12. The Balaban J connectivity index is 2.32. The number of carbonyl (C=O) groups is 1. The highest BCUT2D eigenvalue weighted by Crippen LogP contribution is 2.60. The van der Waals surface area contributed by atoms with Crippen molar-refractivity contribution in [2.45, 2.75) is 25.3 Å². The third kappa shape index (κ3) is 2.82. The van der Waals surface area contributed by atoms with Crippen LogP contribution in [0.2, 0.25) is 0 Å². The predicted molar refractivity (Wildman–Crippen MR) is 80.3 cm³/mol. The number of nitrogens with zero attached hydrogens (tertiary/aromatic N) is 1. The molecule has 2 unspecified atom stereocenters. The van der Waals surface area contributed by atoms with Crippen molar-refractivity contribution in [3.05, 3.63) is 17.7 Å². The van der Waals surface area contributed by atoms with E-state index in [0.717, 1.165) is 0 Å². The second kappa shape index (κ2) is 6.15. The number of rotatable bonds is 6. The normalized spacial score (nSPS) is 22.0. The molecule has 0 heterocycles. The molecular weight excluding hydrogens is 322 g/mol. The Bertz CT molecular complexity index is 677. The molecular formula is C16H18F2N2O4. The topological polar surface area (TPSA) is 80.6 Å². The van der Waals surface area contributed by atoms with Gasteiger partial charge in [0.2, 0.25) is 11.7 Å². The fourth-order valence-corrected chi connectivity index (χ4v) is 2.39. The molecule has 1 aliphatic rings. The van der Waals surface area contributed by atoms with Crippen molar-refractivity contribution in [3.63, 3.8) is 0 Å². The van der Waals surface area contributed by atoms with Crippen LogP contribution in [0.3, 0.4) is 0 Å². The van der Waals surface area contributed by atoms with Gasteiger partial charge < -0.3 is 19.5 Å². The Morgan fingerprint density at radius 2 is 1.75 bits per heavy atom. The molecule has 1 amide bonds. The standard InChI is InChI=1S/C16H18F2N2O4/c1-15(8-16(15,17)18)14(21)20-10(7-19)9-5-11(22-2)13(24-4)12(6-9)23-3/h5-6,10H,8H2,1-4H3,(H,20,21). The van der Waals surface area contributed by atoms with Gasteiger partial charge in [-0.25, -0.2) is 8.78 Å². The molecule has 1 N–H and O–H groups in total. The zero-order valence-corrected chi connectivity index (χ0v) is 13.8. The number of nitrogens with one attached hydrogen (secondary N) is 1. The van der Waals surface area contributed by atoms with Crippen molar-refractivity contribution >= 4 is 5.91 Å². The van der Waals surface area contributed by atoms with E-state index in [9.17, 15) is 18.8 Å². The smallest absolute Gasteiger partial charge is 0.263 e. The summed E-state index contributed by atoms with van der Waals surface area (Å²) in [5.41, 5.74) is -1.43. The molecule has 0 saturated heterocycles. The second-order valence-corrected chi connectivity index (χ2v) is 5.71. The Morgan fingerprint density at radius 3 is 2.08 bits per heavy atom. The van der Waals surface area contributed by atoms with E-state index < -0.39 is 29.7 Å². The zero-order chi connectivity index (χ0) is 18.1. The highest BCUT2D eigenvalue weighted by Gasteiger charge is 2.72. The van der Waals surface area contributed by atoms with Crippen LogP contribution in [0.15, 0.2) is 12.1 Å². The minimum absolute atomic E-state index is 0.296. The van der Waals surface area contributed by atoms with Crippen molar-refractivity contribution in [3.8, 4) is 23.3 Å². The minimum atomic E-state index is -3.05. The molecule has 0 spiro atoms. The Kier molecular flexibility index (Phi) is 4.56. The van der Waals surface area contributed by atoms with Crippen LogP contribution in [0.5, 0.6) is 17.2 Å². The first-order chi connectivity index (χ1) is 11.2. The molecule has 1 aromatic carbocycles. The van der Waals surface area contributed by atoms with Crippen molar-refractivity contribution in [2.24, 2.45) is 5.41 Å². The fraction of sp³-hybridized carbons (Fsp3) is 0.500. The number of alkyl halides is 2. The SMILES string of the molecule is COc1cc(C(C#N)NC(=O)C2(C)CC2(F)F)cc(OC)c1OC. The summed E-state index contributed by atoms with van der Waals surface area (Å²) < 4.78 is 42.2. The number of amides is 1. The number of nitriles is 1. The maximum absolute atomic E-state index is 13.3. The summed E-state index contributed by atoms with van der Waals surface area (Å²) in [4.78, 5) is 12.1. The van der Waals surface area contributed by atoms with Gasteiger partial charge in [0.1, 0.15) is 11.5 Å². The summed E-state index contributed by atoms with van der Waals surface area (Å²) in [6.45, 7) is 1.17. The highest BCUT2D eigenvalue weighted by atomic mass is 19.3. The average Bonchev–Trinajstić information content (AvgIpc) is 3.10. The van der Waals surface area contributed by atoms with Gasteiger partial charge in [-0.15, -0.1) is 0 Å². The number of ether oxygens (including phenoxy) is 3. The number of halogens is 2. The van der Waals surface area contributed by atoms with Gasteiger partial charge in [0.05, 0.1) is 27.4 Å². The Hall–Kier alpha value is -2.56. The summed E-state index contributed by atoms with van der Waals surface area (Å²) in [5.74, 6) is -3.00. The molecule has 0 bridgehead atoms. The number of hydrogen-bond donors (Lipinski definition) is 1. The van der Waals surface area contributed by atoms with Gasteiger partial charge in [0.15, 0.2) is 11.5 Å². The van der Waals surface area contributed by atoms with Gasteiger partial charge >= 0.3 is 0 Å². The number of methoxy groups -OCH3 is 3. The van der Waals surface area contributed by atoms with Crippen LogP contribution >= 0.6 is 0 Å². The monoisotopic (exact) mass is 340 g/mol. The molecule has 1 aromatic rings. The van der Waals surface area contributed by atoms with Gasteiger partial charge in [0, 0.05) is 6.42 Å². The van der Waals surface area contributed by atoms with Crippen LogP contribution in [0.25, 0.3) is 0 Å². The molecule has 2 rings (SSSR count). The van der Waals surface area contributed by atoms with Crippen molar-refractivity contribution in [1.29, 1.82) is 5.26 Å². The van der Waals surface area contributed by atoms with Crippen molar-refractivity contribution in [1.82, 2.24) is 5.32 Å². The molecule has 1 saturated carbocycles. The summed E-state index contributed by atoms with van der Waals surface area (Å²) in [7, 11) is 4.25. The molecule has 1 aliphatic carbocycles. The van der Waals surface area contributed by atoms with Gasteiger partial charge in [-0.2, -0.15) is 5.26 Å². The maximum Gasteiger partial charge on any atom is 0.263 e. The van der Waals surface area contributed by atoms with E-state index in [1.165, 1.54) is 40.4 Å². The average molecular weight is 340 g/mol. The molecule has 0 aromatic heterocycles. The minimum Gasteiger partial charge on any atom is -0.493 e. The predicted octanol–water partition coefficient (Wildman–Crippen LogP) is 2.44. The fourth-order valence-electron chi connectivity index (χ4n) is 2.39. The largest absolute Gasteiger partial charge is 0.493 e. The summed E-state index contributed by atoms with van der Waals surface area (Å²) >= 11 is 0. The lowest BCUT2D eigenvalue weighted by atomic mass is 10.0. The van der Waals surface area contributed by atoms with E-state index >= 15 is 0 Å². The van der Waals surface area contributed by atoms with Gasteiger partial charge in [0.25, 0.3) is 5.92 Å². The number of hydrogen-bond acceptors (Lipinski definition) is 5. The molecule has 2 atom stereocenters. The van der Waals surface area contributed by atoms with Crippen molar-refractivity contribution in [2.75, 3.05) is 21.3 Å². The molecule has 130 valence electrons. The lowest BCUT2D eigenvalue weighted by molar-refractivity contribution is -0.129. The molecule has 1 fully saturated rings. The van der Waals surface area contributed by atoms with E-state index in [0.29, 0.717) is 22.8 Å². The van der Waals surface area contributed by atoms with Crippen LogP contribution in [0.1, 0.15) is 24.9 Å². The quantitative estimate of drug-likeness (QED) is 0.860. The molecule has 6 nitrogen and oxygen atoms in total. The third-order valence-electron chi connectivity index (χ3n) is 4.18. The molecule has 0 aliphatic heterocycles. The van der Waals surface area contributed by atoms with Crippen LogP contribution < -0.4 is 19.5 Å². The van der Waals surface area contributed by atoms with Gasteiger partial charge in [-0.05, 0) is 24.6 Å². The Labute approximate surface area is 138 Å². The van der Waals surface area contributed by atoms with Crippen LogP contribution in [-0.2, 0) is 4.79 Å². The molecule has 0 radical (unpaired) electrons. The van der Waals surface area contributed by atoms with E-state index in [2.05, 4.69) is 5.32 Å². The summed E-state index contributed by atoms with van der Waals surface area (Å²) in [6.07, 6.45) is -0.529. The van der Waals surface area contributed by atoms with Crippen molar-refractivity contribution < 1.29 is 27.8 Å². The lowest BCUT2D eigenvalue weighted by Crippen LogP contribution is -2.36. The highest BCUT2D eigenvalue weighted by molar-refractivity contribution is 5.87. The van der Waals surface area contributed by atoms with Crippen LogP contribution in [0.4, 0.5) is 8.78 Å². The number of carbonyl (C=O) groups excluding carboxylic acids is 1. The van der Waals surface area contributed by atoms with E-state index in [4.69, 9.17) is 14.2 Å². The van der Waals surface area contributed by atoms with E-state index in [1.54, 1.807) is 0 Å². The maximum atomic E-state index is 13.3. The van der Waals surface area contributed by atoms with E-state index in [1.807, 2.05) is 6.07 Å². The molecule has 8 heteroatoms. The van der Waals surface area contributed by atoms with Gasteiger partial charge in [-0.3, -0.25) is 4.79 Å². The third-order valence-corrected chi connectivity index (χ3v) is 4.18. The van der Waals surface area contributed by atoms with Crippen LogP contribution in [-0.4, -0.2) is 33.2 Å². The van der Waals surface area contributed by atoms with E-state index in [-0.39, 0.29) is 0 Å². The van der Waals surface area contributed by atoms with Gasteiger partial charge in [-0.1, -0.05) is 0 Å². The zero-order valence-electron chi connectivity index (χ0n) is 13.8. The first-order valence-corrected chi connectivity index (χ1v) is 7.12. The first kappa shape index (κ1) is 17.8. The summed E-state index contributed by atoms with van der Waals surface area (Å²) in [5, 5.41) is 11.7. The second-order valence-electron chi connectivity index (χ2n) is 5.71.